The highest BCUT2D eigenvalue weighted by Gasteiger charge is 2.34. The summed E-state index contributed by atoms with van der Waals surface area (Å²) in [5.41, 5.74) is 1.08. The average molecular weight is 384 g/mol. The van der Waals surface area contributed by atoms with Gasteiger partial charge in [0.05, 0.1) is 23.9 Å². The molecule has 0 aliphatic heterocycles. The van der Waals surface area contributed by atoms with E-state index in [1.54, 1.807) is 24.3 Å². The van der Waals surface area contributed by atoms with E-state index in [1.807, 2.05) is 0 Å². The lowest BCUT2D eigenvalue weighted by atomic mass is 10.1. The quantitative estimate of drug-likeness (QED) is 0.614. The second-order valence-corrected chi connectivity index (χ2v) is 5.45. The van der Waals surface area contributed by atoms with E-state index in [4.69, 9.17) is 11.6 Å². The summed E-state index contributed by atoms with van der Waals surface area (Å²) in [5.74, 6) is -1.71. The maximum absolute atomic E-state index is 12.9. The van der Waals surface area contributed by atoms with E-state index < -0.39 is 35.7 Å². The molecule has 0 saturated carbocycles. The lowest BCUT2D eigenvalue weighted by Crippen LogP contribution is -2.35. The number of alkyl halides is 3. The Balaban J connectivity index is 1.92. The van der Waals surface area contributed by atoms with Gasteiger partial charge in [-0.05, 0) is 18.2 Å². The topological polar surface area (TPSA) is 70.6 Å². The van der Waals surface area contributed by atoms with Gasteiger partial charge in [0.25, 0.3) is 11.8 Å². The van der Waals surface area contributed by atoms with Crippen LogP contribution in [0.4, 0.5) is 13.2 Å². The average Bonchev–Trinajstić information content (AvgIpc) is 2.60. The minimum atomic E-state index is -4.67. The predicted molar refractivity (Wildman–Crippen MR) is 91.0 cm³/mol. The van der Waals surface area contributed by atoms with Crippen molar-refractivity contribution >= 4 is 29.6 Å². The Kier molecular flexibility index (Phi) is 6.35. The summed E-state index contributed by atoms with van der Waals surface area (Å²) in [6.45, 7) is -0.537. The minimum absolute atomic E-state index is 0.433. The number of rotatable bonds is 5. The molecule has 0 saturated heterocycles. The SMILES string of the molecule is O=C(CNC(=O)c1ccccc1C(F)(F)F)N/N=C/c1ccccc1Cl. The normalized spacial score (nSPS) is 11.4. The highest BCUT2D eigenvalue weighted by Crippen LogP contribution is 2.31. The van der Waals surface area contributed by atoms with Crippen molar-refractivity contribution in [1.29, 1.82) is 0 Å². The summed E-state index contributed by atoms with van der Waals surface area (Å²) in [6, 6.07) is 11.1. The van der Waals surface area contributed by atoms with Crippen LogP contribution in [0.3, 0.4) is 0 Å². The summed E-state index contributed by atoms with van der Waals surface area (Å²) in [6.07, 6.45) is -3.36. The fourth-order valence-corrected chi connectivity index (χ4v) is 2.16. The molecule has 0 unspecified atom stereocenters. The van der Waals surface area contributed by atoms with E-state index >= 15 is 0 Å². The van der Waals surface area contributed by atoms with Crippen molar-refractivity contribution in [1.82, 2.24) is 10.7 Å². The zero-order chi connectivity index (χ0) is 19.2. The third-order valence-corrected chi connectivity index (χ3v) is 3.53. The van der Waals surface area contributed by atoms with E-state index in [1.165, 1.54) is 18.3 Å². The van der Waals surface area contributed by atoms with Crippen molar-refractivity contribution in [2.75, 3.05) is 6.54 Å². The molecular weight excluding hydrogens is 371 g/mol. The van der Waals surface area contributed by atoms with Gasteiger partial charge < -0.3 is 5.32 Å². The second-order valence-electron chi connectivity index (χ2n) is 5.04. The number of carbonyl (C=O) groups is 2. The van der Waals surface area contributed by atoms with E-state index in [9.17, 15) is 22.8 Å². The van der Waals surface area contributed by atoms with Crippen molar-refractivity contribution in [3.8, 4) is 0 Å². The largest absolute Gasteiger partial charge is 0.417 e. The molecule has 0 heterocycles. The van der Waals surface area contributed by atoms with Crippen LogP contribution in [0.1, 0.15) is 21.5 Å². The first-order valence-corrected chi connectivity index (χ1v) is 7.67. The summed E-state index contributed by atoms with van der Waals surface area (Å²) in [7, 11) is 0. The molecule has 0 radical (unpaired) electrons. The van der Waals surface area contributed by atoms with Gasteiger partial charge in [0.1, 0.15) is 0 Å². The van der Waals surface area contributed by atoms with Crippen LogP contribution in [0.15, 0.2) is 53.6 Å². The Morgan fingerprint density at radius 1 is 1.08 bits per heavy atom. The number of halogens is 4. The molecule has 5 nitrogen and oxygen atoms in total. The Morgan fingerprint density at radius 2 is 1.73 bits per heavy atom. The van der Waals surface area contributed by atoms with Gasteiger partial charge in [-0.15, -0.1) is 0 Å². The molecule has 136 valence electrons. The molecule has 2 N–H and O–H groups in total. The molecule has 0 atom stereocenters. The van der Waals surface area contributed by atoms with Gasteiger partial charge in [0, 0.05) is 10.6 Å². The molecule has 26 heavy (non-hydrogen) atoms. The highest BCUT2D eigenvalue weighted by molar-refractivity contribution is 6.33. The lowest BCUT2D eigenvalue weighted by molar-refractivity contribution is -0.137. The monoisotopic (exact) mass is 383 g/mol. The number of hydrogen-bond donors (Lipinski definition) is 2. The van der Waals surface area contributed by atoms with Crippen LogP contribution in [0.5, 0.6) is 0 Å². The molecule has 2 amide bonds. The molecule has 9 heteroatoms. The fraction of sp³-hybridized carbons (Fsp3) is 0.118. The summed E-state index contributed by atoms with van der Waals surface area (Å²) >= 11 is 5.91. The molecule has 0 aliphatic rings. The van der Waals surface area contributed by atoms with Crippen LogP contribution in [0, 0.1) is 0 Å². The van der Waals surface area contributed by atoms with Gasteiger partial charge in [-0.3, -0.25) is 9.59 Å². The molecular formula is C17H13ClF3N3O2. The van der Waals surface area contributed by atoms with Gasteiger partial charge >= 0.3 is 6.18 Å². The van der Waals surface area contributed by atoms with Crippen molar-refractivity contribution in [2.45, 2.75) is 6.18 Å². The van der Waals surface area contributed by atoms with Crippen LogP contribution in [-0.2, 0) is 11.0 Å². The van der Waals surface area contributed by atoms with Crippen LogP contribution in [0.2, 0.25) is 5.02 Å². The Bertz CT molecular complexity index is 838. The van der Waals surface area contributed by atoms with Gasteiger partial charge in [0.15, 0.2) is 0 Å². The zero-order valence-corrected chi connectivity index (χ0v) is 13.9. The lowest BCUT2D eigenvalue weighted by Gasteiger charge is -2.12. The Hall–Kier alpha value is -2.87. The van der Waals surface area contributed by atoms with E-state index in [0.717, 1.165) is 12.1 Å². The van der Waals surface area contributed by atoms with E-state index in [2.05, 4.69) is 15.8 Å². The van der Waals surface area contributed by atoms with Gasteiger partial charge in [-0.2, -0.15) is 18.3 Å². The number of hydrazone groups is 1. The Labute approximate surface area is 151 Å². The maximum atomic E-state index is 12.9. The molecule has 2 aromatic rings. The van der Waals surface area contributed by atoms with Crippen molar-refractivity contribution in [3.05, 3.63) is 70.2 Å². The molecule has 2 rings (SSSR count). The third-order valence-electron chi connectivity index (χ3n) is 3.18. The fourth-order valence-electron chi connectivity index (χ4n) is 1.98. The van der Waals surface area contributed by atoms with Crippen LogP contribution < -0.4 is 10.7 Å². The molecule has 0 aromatic heterocycles. The molecule has 0 fully saturated rings. The number of benzene rings is 2. The summed E-state index contributed by atoms with van der Waals surface area (Å²) in [4.78, 5) is 23.6. The smallest absolute Gasteiger partial charge is 0.343 e. The molecule has 0 aliphatic carbocycles. The van der Waals surface area contributed by atoms with Crippen molar-refractivity contribution in [2.24, 2.45) is 5.10 Å². The van der Waals surface area contributed by atoms with Crippen LogP contribution in [-0.4, -0.2) is 24.6 Å². The van der Waals surface area contributed by atoms with E-state index in [0.29, 0.717) is 10.6 Å². The van der Waals surface area contributed by atoms with Gasteiger partial charge in [-0.1, -0.05) is 41.9 Å². The second kappa shape index (κ2) is 8.48. The first-order chi connectivity index (χ1) is 12.3. The summed E-state index contributed by atoms with van der Waals surface area (Å²) in [5, 5.41) is 6.22. The Morgan fingerprint density at radius 3 is 2.42 bits per heavy atom. The zero-order valence-electron chi connectivity index (χ0n) is 13.2. The third kappa shape index (κ3) is 5.32. The molecule has 0 bridgehead atoms. The predicted octanol–water partition coefficient (Wildman–Crippen LogP) is 3.24. The van der Waals surface area contributed by atoms with Gasteiger partial charge in [-0.25, -0.2) is 5.43 Å². The highest BCUT2D eigenvalue weighted by atomic mass is 35.5. The number of carbonyl (C=O) groups excluding carboxylic acids is 2. The number of nitrogens with zero attached hydrogens (tertiary/aromatic N) is 1. The first kappa shape index (κ1) is 19.5. The van der Waals surface area contributed by atoms with Crippen molar-refractivity contribution in [3.63, 3.8) is 0 Å². The summed E-state index contributed by atoms with van der Waals surface area (Å²) < 4.78 is 38.6. The van der Waals surface area contributed by atoms with E-state index in [-0.39, 0.29) is 0 Å². The minimum Gasteiger partial charge on any atom is -0.343 e. The standard InChI is InChI=1S/C17H13ClF3N3O2/c18-14-8-4-1-5-11(14)9-23-24-15(25)10-22-16(26)12-6-2-3-7-13(12)17(19,20)21/h1-9H,10H2,(H,22,26)(H,24,25)/b23-9+. The van der Waals surface area contributed by atoms with Crippen LogP contribution in [0.25, 0.3) is 0 Å². The first-order valence-electron chi connectivity index (χ1n) is 7.30. The van der Waals surface area contributed by atoms with Crippen LogP contribution >= 0.6 is 11.6 Å². The molecule has 0 spiro atoms. The van der Waals surface area contributed by atoms with Gasteiger partial charge in [0.2, 0.25) is 0 Å². The maximum Gasteiger partial charge on any atom is 0.417 e. The molecule has 2 aromatic carbocycles. The number of hydrogen-bond acceptors (Lipinski definition) is 3. The van der Waals surface area contributed by atoms with Crippen molar-refractivity contribution < 1.29 is 22.8 Å². The number of amides is 2. The number of nitrogens with one attached hydrogen (secondary N) is 2.